The maximum Gasteiger partial charge on any atom is 0.167 e. The van der Waals surface area contributed by atoms with E-state index >= 15 is 0 Å². The number of anilines is 2. The fraction of sp³-hybridized carbons (Fsp3) is 0.450. The minimum absolute atomic E-state index is 0.00338. The van der Waals surface area contributed by atoms with Gasteiger partial charge in [0.1, 0.15) is 12.1 Å². The summed E-state index contributed by atoms with van der Waals surface area (Å²) in [5.74, 6) is 0.0825. The van der Waals surface area contributed by atoms with Crippen LogP contribution in [0, 0.1) is 11.2 Å². The van der Waals surface area contributed by atoms with Crippen LogP contribution in [0.1, 0.15) is 25.1 Å². The lowest BCUT2D eigenvalue weighted by Crippen LogP contribution is -2.38. The van der Waals surface area contributed by atoms with Crippen molar-refractivity contribution in [2.75, 3.05) is 37.8 Å². The smallest absolute Gasteiger partial charge is 0.167 e. The second-order valence-corrected chi connectivity index (χ2v) is 7.68. The van der Waals surface area contributed by atoms with Gasteiger partial charge in [-0.25, -0.2) is 14.4 Å². The number of benzene rings is 1. The third-order valence-electron chi connectivity index (χ3n) is 4.89. The first kappa shape index (κ1) is 20.9. The van der Waals surface area contributed by atoms with Gasteiger partial charge in [-0.2, -0.15) is 0 Å². The van der Waals surface area contributed by atoms with Crippen LogP contribution in [0.15, 0.2) is 24.5 Å². The molecule has 0 aliphatic carbocycles. The Kier molecular flexibility index (Phi) is 5.99. The molecular formula is C20H27FN6O2. The van der Waals surface area contributed by atoms with Gasteiger partial charge in [0.05, 0.1) is 29.7 Å². The zero-order valence-corrected chi connectivity index (χ0v) is 17.1. The molecule has 9 heteroatoms. The van der Waals surface area contributed by atoms with Gasteiger partial charge in [-0.05, 0) is 34.0 Å². The van der Waals surface area contributed by atoms with Crippen LogP contribution in [0.2, 0.25) is 0 Å². The normalized spacial score (nSPS) is 19.2. The molecule has 0 bridgehead atoms. The molecule has 0 spiro atoms. The van der Waals surface area contributed by atoms with E-state index in [1.165, 1.54) is 12.4 Å². The van der Waals surface area contributed by atoms with E-state index in [2.05, 4.69) is 9.97 Å². The average Bonchev–Trinajstić information content (AvgIpc) is 3.05. The van der Waals surface area contributed by atoms with Crippen LogP contribution in [0.3, 0.4) is 0 Å². The number of nitrogens with zero attached hydrogens (tertiary/aromatic N) is 4. The minimum atomic E-state index is -0.572. The minimum Gasteiger partial charge on any atom is -0.488 e. The molecule has 29 heavy (non-hydrogen) atoms. The summed E-state index contributed by atoms with van der Waals surface area (Å²) in [6, 6.07) is 4.26. The van der Waals surface area contributed by atoms with Crippen LogP contribution >= 0.6 is 0 Å². The number of aromatic nitrogens is 2. The Balaban J connectivity index is 1.89. The van der Waals surface area contributed by atoms with Crippen molar-refractivity contribution < 1.29 is 14.2 Å². The molecule has 0 saturated carbocycles. The number of nitrogens with two attached hydrogens (primary N) is 1. The Morgan fingerprint density at radius 1 is 1.31 bits per heavy atom. The first-order valence-corrected chi connectivity index (χ1v) is 9.43. The van der Waals surface area contributed by atoms with Crippen LogP contribution < -0.4 is 15.4 Å². The Hall–Kier alpha value is -2.78. The van der Waals surface area contributed by atoms with Crippen molar-refractivity contribution in [1.29, 1.82) is 5.41 Å². The molecule has 1 aromatic heterocycles. The summed E-state index contributed by atoms with van der Waals surface area (Å²) in [5, 5.41) is 18.8. The molecule has 1 saturated heterocycles. The lowest BCUT2D eigenvalue weighted by Gasteiger charge is -2.22. The first-order valence-electron chi connectivity index (χ1n) is 9.43. The Labute approximate surface area is 169 Å². The summed E-state index contributed by atoms with van der Waals surface area (Å²) >= 11 is 0. The number of aliphatic hydroxyl groups excluding tert-OH is 1. The highest BCUT2D eigenvalue weighted by Crippen LogP contribution is 2.28. The van der Waals surface area contributed by atoms with Crippen LogP contribution in [-0.4, -0.2) is 71.1 Å². The number of halogens is 1. The van der Waals surface area contributed by atoms with Gasteiger partial charge >= 0.3 is 0 Å². The third-order valence-corrected chi connectivity index (χ3v) is 4.89. The number of nitrogen functional groups attached to an aromatic ring is 1. The molecule has 1 aliphatic heterocycles. The Morgan fingerprint density at radius 2 is 2.03 bits per heavy atom. The van der Waals surface area contributed by atoms with Gasteiger partial charge in [0.25, 0.3) is 0 Å². The number of ether oxygens (including phenoxy) is 1. The second-order valence-electron chi connectivity index (χ2n) is 7.68. The van der Waals surface area contributed by atoms with Crippen molar-refractivity contribution in [2.45, 2.75) is 32.1 Å². The fourth-order valence-electron chi connectivity index (χ4n) is 3.39. The van der Waals surface area contributed by atoms with Crippen LogP contribution in [0.5, 0.6) is 5.75 Å². The van der Waals surface area contributed by atoms with Gasteiger partial charge in [-0.15, -0.1) is 0 Å². The number of nitrogens with one attached hydrogen (secondary N) is 1. The molecule has 2 atom stereocenters. The van der Waals surface area contributed by atoms with Crippen molar-refractivity contribution in [3.8, 4) is 5.75 Å². The Morgan fingerprint density at radius 3 is 2.66 bits per heavy atom. The lowest BCUT2D eigenvalue weighted by atomic mass is 10.0. The van der Waals surface area contributed by atoms with Crippen LogP contribution in [0.25, 0.3) is 0 Å². The molecule has 8 nitrogen and oxygen atoms in total. The highest BCUT2D eigenvalue weighted by Gasteiger charge is 2.33. The Bertz CT molecular complexity index is 905. The summed E-state index contributed by atoms with van der Waals surface area (Å²) in [7, 11) is 3.85. The highest BCUT2D eigenvalue weighted by atomic mass is 19.1. The molecule has 156 valence electrons. The highest BCUT2D eigenvalue weighted by molar-refractivity contribution is 6.13. The van der Waals surface area contributed by atoms with Gasteiger partial charge in [-0.1, -0.05) is 0 Å². The quantitative estimate of drug-likeness (QED) is 0.496. The summed E-state index contributed by atoms with van der Waals surface area (Å²) in [6.07, 6.45) is 0.665. The van der Waals surface area contributed by atoms with Crippen molar-refractivity contribution in [3.05, 3.63) is 41.6 Å². The number of rotatable bonds is 6. The maximum absolute atomic E-state index is 14.1. The first-order chi connectivity index (χ1) is 13.7. The zero-order chi connectivity index (χ0) is 21.3. The maximum atomic E-state index is 14.1. The van der Waals surface area contributed by atoms with Crippen molar-refractivity contribution in [2.24, 2.45) is 0 Å². The molecule has 2 unspecified atom stereocenters. The summed E-state index contributed by atoms with van der Waals surface area (Å²) < 4.78 is 19.6. The molecule has 4 N–H and O–H groups in total. The number of likely N-dealkylation sites (N-methyl/N-ethyl adjacent to an activating group) is 1. The van der Waals surface area contributed by atoms with E-state index in [4.69, 9.17) is 15.9 Å². The largest absolute Gasteiger partial charge is 0.488 e. The molecule has 2 aromatic rings. The van der Waals surface area contributed by atoms with E-state index in [0.717, 1.165) is 6.07 Å². The lowest BCUT2D eigenvalue weighted by molar-refractivity contribution is 0.114. The molecule has 0 amide bonds. The number of β-amino-alcohol motifs (C(OH)–C–C–N with tert-alkyl or cyclic N) is 1. The monoisotopic (exact) mass is 402 g/mol. The standard InChI is InChI=1S/C20H27FN6O2/c1-11(2)29-18-5-12(14(22)6-13(18)21)20(23)15-7-19(25-10-24-15)27-8-16(26(3)4)17(28)9-27/h5-7,10-11,16-17,23,28H,8-9,22H2,1-4H3. The van der Waals surface area contributed by atoms with Gasteiger partial charge in [0, 0.05) is 36.5 Å². The molecule has 1 aliphatic rings. The van der Waals surface area contributed by atoms with E-state index in [1.54, 1.807) is 19.9 Å². The van der Waals surface area contributed by atoms with Crippen molar-refractivity contribution in [1.82, 2.24) is 14.9 Å². The molecule has 1 aromatic carbocycles. The third kappa shape index (κ3) is 4.46. The fourth-order valence-corrected chi connectivity index (χ4v) is 3.39. The van der Waals surface area contributed by atoms with Gasteiger partial charge < -0.3 is 25.4 Å². The summed E-state index contributed by atoms with van der Waals surface area (Å²) in [5.41, 5.74) is 6.82. The number of hydrogen-bond donors (Lipinski definition) is 3. The number of aliphatic hydroxyl groups is 1. The molecule has 0 radical (unpaired) electrons. The van der Waals surface area contributed by atoms with Crippen LogP contribution in [0.4, 0.5) is 15.9 Å². The van der Waals surface area contributed by atoms with E-state index in [-0.39, 0.29) is 29.3 Å². The number of hydrogen-bond acceptors (Lipinski definition) is 8. The average molecular weight is 402 g/mol. The van der Waals surface area contributed by atoms with E-state index in [1.807, 2.05) is 23.9 Å². The predicted octanol–water partition coefficient (Wildman–Crippen LogP) is 1.51. The van der Waals surface area contributed by atoms with Gasteiger partial charge in [-0.3, -0.25) is 5.41 Å². The summed E-state index contributed by atoms with van der Waals surface area (Å²) in [4.78, 5) is 12.4. The summed E-state index contributed by atoms with van der Waals surface area (Å²) in [6.45, 7) is 4.65. The molecule has 2 heterocycles. The topological polar surface area (TPSA) is 112 Å². The predicted molar refractivity (Wildman–Crippen MR) is 110 cm³/mol. The van der Waals surface area contributed by atoms with Crippen molar-refractivity contribution >= 4 is 17.2 Å². The van der Waals surface area contributed by atoms with E-state index < -0.39 is 11.9 Å². The second kappa shape index (κ2) is 8.30. The zero-order valence-electron chi connectivity index (χ0n) is 17.1. The molecular weight excluding hydrogens is 375 g/mol. The van der Waals surface area contributed by atoms with Gasteiger partial charge in [0.2, 0.25) is 0 Å². The molecule has 1 fully saturated rings. The van der Waals surface area contributed by atoms with Crippen molar-refractivity contribution in [3.63, 3.8) is 0 Å². The van der Waals surface area contributed by atoms with Gasteiger partial charge in [0.15, 0.2) is 11.6 Å². The van der Waals surface area contributed by atoms with E-state index in [0.29, 0.717) is 30.2 Å². The SMILES string of the molecule is CC(C)Oc1cc(C(=N)c2cc(N3CC(O)C(N(C)C)C3)ncn2)c(N)cc1F. The van der Waals surface area contributed by atoms with Crippen LogP contribution in [-0.2, 0) is 0 Å². The molecule has 3 rings (SSSR count). The van der Waals surface area contributed by atoms with E-state index in [9.17, 15) is 9.50 Å².